The number of thiazole rings is 1. The van der Waals surface area contributed by atoms with Crippen molar-refractivity contribution in [2.75, 3.05) is 25.4 Å². The monoisotopic (exact) mass is 591 g/mol. The molecule has 0 radical (unpaired) electrons. The molecule has 9 N–H and O–H groups in total. The third-order valence-electron chi connectivity index (χ3n) is 5.44. The second kappa shape index (κ2) is 10.9. The summed E-state index contributed by atoms with van der Waals surface area (Å²) in [4.78, 5) is 59.3. The summed E-state index contributed by atoms with van der Waals surface area (Å²) < 4.78 is 38.4. The second-order valence-electron chi connectivity index (χ2n) is 8.75. The molecule has 3 amide bonds. The number of nitrogen functional groups attached to an aromatic ring is 1. The number of anilines is 1. The molecule has 0 bridgehead atoms. The summed E-state index contributed by atoms with van der Waals surface area (Å²) in [6.45, 7) is 1.73. The lowest BCUT2D eigenvalue weighted by Crippen LogP contribution is -2.74. The molecule has 214 valence electrons. The molecule has 1 aromatic rings. The van der Waals surface area contributed by atoms with E-state index >= 15 is 0 Å². The topological polar surface area (TPSA) is 293 Å². The van der Waals surface area contributed by atoms with Gasteiger partial charge >= 0.3 is 22.4 Å². The van der Waals surface area contributed by atoms with E-state index < -0.39 is 70.2 Å². The van der Waals surface area contributed by atoms with Gasteiger partial charge in [-0.05, 0) is 13.8 Å². The quantitative estimate of drug-likeness (QED) is 0.0447. The van der Waals surface area contributed by atoms with E-state index in [0.29, 0.717) is 0 Å². The summed E-state index contributed by atoms with van der Waals surface area (Å²) in [6.07, 6.45) is -1.65. The Kier molecular flexibility index (Phi) is 8.16. The van der Waals surface area contributed by atoms with Crippen LogP contribution < -0.4 is 22.1 Å². The van der Waals surface area contributed by atoms with Gasteiger partial charge in [-0.3, -0.25) is 19.6 Å². The van der Waals surface area contributed by atoms with Crippen molar-refractivity contribution in [1.29, 1.82) is 5.41 Å². The van der Waals surface area contributed by atoms with Crippen LogP contribution in [-0.4, -0.2) is 111 Å². The Labute approximate surface area is 224 Å². The number of carboxylic acid groups (broad SMARTS) is 1. The number of aliphatic carboxylic acids is 1. The Bertz CT molecular complexity index is 1330. The summed E-state index contributed by atoms with van der Waals surface area (Å²) in [5, 5.41) is 26.1. The van der Waals surface area contributed by atoms with Crippen molar-refractivity contribution >= 4 is 62.3 Å². The lowest BCUT2D eigenvalue weighted by molar-refractivity contribution is -0.161. The van der Waals surface area contributed by atoms with Gasteiger partial charge in [0.15, 0.2) is 16.8 Å². The Hall–Kier alpha value is -4.24. The SMILES string of the molecule is CC(C)(ON=C(C(=O)N[C@@H]1C(=O)N(S(=O)(=O)O)[C@H]1CN1C[C@H](CNC(=N)N)OC1=O)c1csc(N)n1)C(=O)O. The highest BCUT2D eigenvalue weighted by atomic mass is 32.2. The summed E-state index contributed by atoms with van der Waals surface area (Å²) in [5.74, 6) is -4.12. The molecule has 2 fully saturated rings. The van der Waals surface area contributed by atoms with Gasteiger partial charge in [-0.15, -0.1) is 11.3 Å². The number of nitrogens with zero attached hydrogens (tertiary/aromatic N) is 4. The molecule has 0 aliphatic carbocycles. The third kappa shape index (κ3) is 6.61. The van der Waals surface area contributed by atoms with Gasteiger partial charge in [0.2, 0.25) is 5.60 Å². The highest BCUT2D eigenvalue weighted by Crippen LogP contribution is 2.27. The van der Waals surface area contributed by atoms with Crippen molar-refractivity contribution in [2.24, 2.45) is 10.9 Å². The van der Waals surface area contributed by atoms with Gasteiger partial charge < -0.3 is 41.7 Å². The average molecular weight is 592 g/mol. The van der Waals surface area contributed by atoms with Crippen molar-refractivity contribution in [3.05, 3.63) is 11.1 Å². The molecule has 3 heterocycles. The van der Waals surface area contributed by atoms with Crippen molar-refractivity contribution < 1.29 is 46.8 Å². The zero-order valence-corrected chi connectivity index (χ0v) is 22.0. The Morgan fingerprint density at radius 1 is 1.41 bits per heavy atom. The number of ether oxygens (including phenoxy) is 1. The minimum absolute atomic E-state index is 0.0212. The summed E-state index contributed by atoms with van der Waals surface area (Å²) >= 11 is 0.923. The molecule has 21 heteroatoms. The van der Waals surface area contributed by atoms with E-state index in [9.17, 15) is 37.3 Å². The van der Waals surface area contributed by atoms with E-state index in [1.807, 2.05) is 0 Å². The maximum absolute atomic E-state index is 13.1. The molecule has 3 rings (SSSR count). The van der Waals surface area contributed by atoms with Crippen molar-refractivity contribution in [1.82, 2.24) is 24.8 Å². The van der Waals surface area contributed by atoms with E-state index in [1.54, 1.807) is 0 Å². The molecular formula is C18H25N9O10S2. The highest BCUT2D eigenvalue weighted by molar-refractivity contribution is 7.84. The fourth-order valence-electron chi connectivity index (χ4n) is 3.43. The van der Waals surface area contributed by atoms with Crippen LogP contribution in [0.15, 0.2) is 10.5 Å². The summed E-state index contributed by atoms with van der Waals surface area (Å²) in [6, 6.07) is -3.03. The van der Waals surface area contributed by atoms with Crippen LogP contribution in [-0.2, 0) is 34.3 Å². The molecule has 1 aromatic heterocycles. The lowest BCUT2D eigenvalue weighted by atomic mass is 9.97. The number of aromatic nitrogens is 1. The molecule has 3 atom stereocenters. The van der Waals surface area contributed by atoms with Gasteiger partial charge in [0.25, 0.3) is 11.8 Å². The zero-order chi connectivity index (χ0) is 29.3. The molecule has 2 saturated heterocycles. The van der Waals surface area contributed by atoms with Crippen molar-refractivity contribution in [3.8, 4) is 0 Å². The Balaban J connectivity index is 1.83. The van der Waals surface area contributed by atoms with Crippen LogP contribution in [0, 0.1) is 5.41 Å². The largest absolute Gasteiger partial charge is 0.478 e. The average Bonchev–Trinajstić information content (AvgIpc) is 3.39. The molecule has 0 unspecified atom stereocenters. The number of hydrogen-bond donors (Lipinski definition) is 7. The highest BCUT2D eigenvalue weighted by Gasteiger charge is 2.55. The predicted octanol–water partition coefficient (Wildman–Crippen LogP) is -2.89. The summed E-state index contributed by atoms with van der Waals surface area (Å²) in [7, 11) is -5.09. The number of guanidine groups is 1. The normalized spacial score (nSPS) is 21.7. The first-order valence-electron chi connectivity index (χ1n) is 10.9. The van der Waals surface area contributed by atoms with E-state index in [4.69, 9.17) is 26.5 Å². The zero-order valence-electron chi connectivity index (χ0n) is 20.4. The number of carboxylic acids is 1. The maximum Gasteiger partial charge on any atom is 0.410 e. The number of rotatable bonds is 11. The summed E-state index contributed by atoms with van der Waals surface area (Å²) in [5.41, 5.74) is 8.24. The van der Waals surface area contributed by atoms with Crippen LogP contribution in [0.1, 0.15) is 19.5 Å². The van der Waals surface area contributed by atoms with Gasteiger partial charge in [-0.25, -0.2) is 18.9 Å². The minimum atomic E-state index is -5.09. The number of nitrogens with one attached hydrogen (secondary N) is 3. The van der Waals surface area contributed by atoms with Crippen LogP contribution in [0.4, 0.5) is 9.93 Å². The number of nitrogens with two attached hydrogens (primary N) is 2. The molecule has 0 spiro atoms. The first-order chi connectivity index (χ1) is 18.0. The van der Waals surface area contributed by atoms with Crippen molar-refractivity contribution in [2.45, 2.75) is 37.6 Å². The van der Waals surface area contributed by atoms with Gasteiger partial charge in [-0.1, -0.05) is 5.16 Å². The number of cyclic esters (lactones) is 1. The molecule has 2 aliphatic rings. The molecule has 19 nitrogen and oxygen atoms in total. The molecule has 39 heavy (non-hydrogen) atoms. The van der Waals surface area contributed by atoms with Gasteiger partial charge in [0.1, 0.15) is 17.8 Å². The van der Waals surface area contributed by atoms with E-state index in [-0.39, 0.29) is 34.2 Å². The standard InChI is InChI=1S/C18H25N9O10S2/c1-18(2,14(30)31)37-25-10(8-6-38-16(21)23-8)12(28)24-11-9(27(13(11)29)39(33,34)35)5-26-4-7(36-17(26)32)3-22-15(19)20/h6-7,9,11H,3-5H2,1-2H3,(H2,21,23)(H,24,28)(H,30,31)(H4,19,20,22)(H,33,34,35)/t7-,9-,11-/m0/s1. The fraction of sp³-hybridized carbons (Fsp3) is 0.500. The smallest absolute Gasteiger partial charge is 0.410 e. The number of β-lactam (4-membered cyclic amide) rings is 1. The minimum Gasteiger partial charge on any atom is -0.478 e. The van der Waals surface area contributed by atoms with Crippen LogP contribution in [0.3, 0.4) is 0 Å². The molecule has 0 saturated carbocycles. The first kappa shape index (κ1) is 29.3. The predicted molar refractivity (Wildman–Crippen MR) is 132 cm³/mol. The van der Waals surface area contributed by atoms with Crippen molar-refractivity contribution in [3.63, 3.8) is 0 Å². The van der Waals surface area contributed by atoms with E-state index in [1.165, 1.54) is 5.38 Å². The molecular weight excluding hydrogens is 566 g/mol. The van der Waals surface area contributed by atoms with Gasteiger partial charge in [0, 0.05) is 11.9 Å². The van der Waals surface area contributed by atoms with E-state index in [2.05, 4.69) is 20.8 Å². The fourth-order valence-corrected chi connectivity index (χ4v) is 4.85. The molecule has 0 aromatic carbocycles. The maximum atomic E-state index is 13.1. The van der Waals surface area contributed by atoms with Gasteiger partial charge in [0.05, 0.1) is 19.1 Å². The van der Waals surface area contributed by atoms with Crippen LogP contribution in [0.2, 0.25) is 0 Å². The lowest BCUT2D eigenvalue weighted by Gasteiger charge is -2.45. The van der Waals surface area contributed by atoms with E-state index in [0.717, 1.165) is 30.1 Å². The number of carbonyl (C=O) groups excluding carboxylic acids is 3. The third-order valence-corrected chi connectivity index (χ3v) is 7.06. The van der Waals surface area contributed by atoms with Crippen LogP contribution in [0.5, 0.6) is 0 Å². The van der Waals surface area contributed by atoms with Gasteiger partial charge in [-0.2, -0.15) is 8.42 Å². The number of amides is 3. The number of oxime groups is 1. The number of carbonyl (C=O) groups is 4. The Morgan fingerprint density at radius 2 is 2.08 bits per heavy atom. The second-order valence-corrected chi connectivity index (χ2v) is 10.9. The van der Waals surface area contributed by atoms with Crippen LogP contribution >= 0.6 is 11.3 Å². The Morgan fingerprint density at radius 3 is 2.62 bits per heavy atom. The molecule has 2 aliphatic heterocycles. The number of hydrogen-bond acceptors (Lipinski definition) is 13. The van der Waals surface area contributed by atoms with Crippen LogP contribution in [0.25, 0.3) is 0 Å². The first-order valence-corrected chi connectivity index (χ1v) is 13.1.